The first-order valence-electron chi connectivity index (χ1n) is 19.8. The van der Waals surface area contributed by atoms with Crippen LogP contribution in [0.1, 0.15) is 46.0 Å². The molecule has 62 heavy (non-hydrogen) atoms. The molecule has 0 N–H and O–H groups in total. The van der Waals surface area contributed by atoms with Gasteiger partial charge in [-0.2, -0.15) is 11.8 Å². The maximum Gasteiger partial charge on any atom is 0.334 e. The third-order valence-corrected chi connectivity index (χ3v) is 16.8. The first-order chi connectivity index (χ1) is 29.3. The summed E-state index contributed by atoms with van der Waals surface area (Å²) in [5.74, 6) is -0.843. The summed E-state index contributed by atoms with van der Waals surface area (Å²) in [4.78, 5) is 68.6. The van der Waals surface area contributed by atoms with Crippen LogP contribution in [0.2, 0.25) is 25.2 Å². The zero-order valence-corrected chi connectivity index (χ0v) is 42.0. The number of thioether (sulfide) groups is 1. The van der Waals surface area contributed by atoms with Crippen molar-refractivity contribution < 1.29 is 74.9 Å². The summed E-state index contributed by atoms with van der Waals surface area (Å²) in [5.41, 5.74) is -1.68. The predicted molar refractivity (Wildman–Crippen MR) is 249 cm³/mol. The van der Waals surface area contributed by atoms with E-state index in [1.165, 1.54) is 0 Å². The van der Waals surface area contributed by atoms with E-state index in [0.717, 1.165) is 66.8 Å². The van der Waals surface area contributed by atoms with Crippen molar-refractivity contribution in [3.8, 4) is 0 Å². The fraction of sp³-hybridized carbons (Fsp3) is 0.619. The molecule has 0 atom stereocenters. The predicted octanol–water partition coefficient (Wildman–Crippen LogP) is 5.59. The molecule has 0 bridgehead atoms. The van der Waals surface area contributed by atoms with Crippen molar-refractivity contribution in [1.29, 1.82) is 0 Å². The lowest BCUT2D eigenvalue weighted by Crippen LogP contribution is -2.38. The highest BCUT2D eigenvalue weighted by molar-refractivity contribution is 7.99. The molecule has 0 aromatic rings. The molecular weight excluding hydrogens is 881 g/mol. The van der Waals surface area contributed by atoms with Crippen molar-refractivity contribution >= 4 is 77.3 Å². The second-order valence-corrected chi connectivity index (χ2v) is 22.7. The summed E-state index contributed by atoms with van der Waals surface area (Å²) in [6.45, 7) is 23.9. The molecule has 0 fully saturated rings. The van der Waals surface area contributed by atoms with Gasteiger partial charge in [0.2, 0.25) is 0 Å². The van der Waals surface area contributed by atoms with Crippen molar-refractivity contribution in [3.05, 3.63) is 63.3 Å². The van der Waals surface area contributed by atoms with Gasteiger partial charge in [0.15, 0.2) is 0 Å². The van der Waals surface area contributed by atoms with Gasteiger partial charge < -0.3 is 46.1 Å². The van der Waals surface area contributed by atoms with Gasteiger partial charge in [0, 0.05) is 64.6 Å². The van der Waals surface area contributed by atoms with E-state index in [1.807, 2.05) is 13.5 Å². The van der Waals surface area contributed by atoms with Crippen LogP contribution in [0.15, 0.2) is 63.3 Å². The third-order valence-electron chi connectivity index (χ3n) is 9.38. The average Bonchev–Trinajstić information content (AvgIpc) is 3.31. The molecule has 20 heteroatoms. The minimum Gasteiger partial charge on any atom is -0.465 e. The van der Waals surface area contributed by atoms with Gasteiger partial charge in [0.05, 0.1) is 17.3 Å². The summed E-state index contributed by atoms with van der Waals surface area (Å²) in [7, 11) is 3.00. The first-order valence-corrected chi connectivity index (χ1v) is 26.8. The van der Waals surface area contributed by atoms with Gasteiger partial charge in [-0.25, -0.2) is 24.0 Å². The highest BCUT2D eigenvalue weighted by Gasteiger charge is 2.35. The molecule has 0 aliphatic carbocycles. The monoisotopic (exact) mass is 953 g/mol. The SMILES string of the molecule is C=CC(=O)OCC(CC)(COC(=O)C=C)COC(=O)C=C.C=CC(=O)OCC(CC)(COC(=O)C=C)COC(=O)CCSCCC[Si](C)(OC)OC.CO[Si](C)(CCC[SH2+])OC. The number of ether oxygens (including phenoxy) is 6. The molecule has 0 spiro atoms. The van der Waals surface area contributed by atoms with Gasteiger partial charge in [-0.3, -0.25) is 4.79 Å². The van der Waals surface area contributed by atoms with Crippen LogP contribution in [0, 0.1) is 10.8 Å². The minimum absolute atomic E-state index is 0.0342. The maximum atomic E-state index is 12.2. The lowest BCUT2D eigenvalue weighted by molar-refractivity contribution is -0.159. The Labute approximate surface area is 381 Å². The molecule has 0 rings (SSSR count). The fourth-order valence-corrected chi connectivity index (χ4v) is 8.76. The van der Waals surface area contributed by atoms with Crippen LogP contribution in [0.25, 0.3) is 0 Å². The van der Waals surface area contributed by atoms with Crippen LogP contribution >= 0.6 is 11.8 Å². The Morgan fingerprint density at radius 1 is 0.516 bits per heavy atom. The largest absolute Gasteiger partial charge is 0.465 e. The summed E-state index contributed by atoms with van der Waals surface area (Å²) in [5, 5.41) is 0. The Morgan fingerprint density at radius 3 is 1.06 bits per heavy atom. The highest BCUT2D eigenvalue weighted by Crippen LogP contribution is 2.26. The number of carbonyl (C=O) groups excluding carboxylic acids is 6. The molecule has 356 valence electrons. The van der Waals surface area contributed by atoms with Crippen molar-refractivity contribution in [1.82, 2.24) is 0 Å². The van der Waals surface area contributed by atoms with Crippen LogP contribution in [-0.2, 0) is 87.5 Å². The first kappa shape index (κ1) is 62.8. The summed E-state index contributed by atoms with van der Waals surface area (Å²) in [6.07, 6.45) is 8.40. The van der Waals surface area contributed by atoms with E-state index < -0.39 is 57.8 Å². The smallest absolute Gasteiger partial charge is 0.334 e. The number of esters is 6. The highest BCUT2D eigenvalue weighted by atomic mass is 32.2. The van der Waals surface area contributed by atoms with E-state index in [9.17, 15) is 28.8 Å². The number of carbonyl (C=O) groups is 6. The molecule has 0 heterocycles. The Bertz CT molecular complexity index is 1300. The standard InChI is InChI=1S/C21H36O8SSi.C15H20O6.C6H16O2SSi/c1-7-18(22)27-15-21(9-3,16-28-19(23)8-2)17-29-20(24)11-13-30-12-10-14-31(6,25-4)26-5;1-5-12(16)19-9-15(8-4,10-20-13(17)6-2)11-21-14(18)7-3;1-7-10(3,8-2)6-4-5-9/h7-8H,1-2,9-17H2,3-6H3;5-7H,1-3,8-11H2,4H3;9H,4-6H2,1-3H3/p+1. The van der Waals surface area contributed by atoms with E-state index in [2.05, 4.69) is 52.1 Å². The summed E-state index contributed by atoms with van der Waals surface area (Å²) >= 11 is 5.08. The Kier molecular flexibility index (Phi) is 37.4. The Morgan fingerprint density at radius 2 is 0.806 bits per heavy atom. The van der Waals surface area contributed by atoms with E-state index in [1.54, 1.807) is 47.1 Å². The topological polar surface area (TPSA) is 195 Å². The Balaban J connectivity index is -0.000000961. The number of rotatable bonds is 33. The van der Waals surface area contributed by atoms with Crippen LogP contribution in [0.5, 0.6) is 0 Å². The second-order valence-electron chi connectivity index (χ2n) is 13.8. The van der Waals surface area contributed by atoms with Gasteiger partial charge in [-0.05, 0) is 69.2 Å². The normalized spacial score (nSPS) is 11.1. The molecule has 0 aliphatic heterocycles. The fourth-order valence-electron chi connectivity index (χ4n) is 4.32. The van der Waals surface area contributed by atoms with Crippen LogP contribution in [-0.4, -0.2) is 138 Å². The Hall–Kier alpha value is -3.51. The summed E-state index contributed by atoms with van der Waals surface area (Å²) < 4.78 is 52.1. The van der Waals surface area contributed by atoms with E-state index in [0.29, 0.717) is 18.6 Å². The van der Waals surface area contributed by atoms with Crippen molar-refractivity contribution in [2.45, 2.75) is 71.1 Å². The van der Waals surface area contributed by atoms with Crippen molar-refractivity contribution in [3.63, 3.8) is 0 Å². The summed E-state index contributed by atoms with van der Waals surface area (Å²) in [6, 6.07) is 1.95. The molecule has 0 aliphatic rings. The minimum atomic E-state index is -2.04. The zero-order chi connectivity index (χ0) is 48.1. The molecule has 0 saturated heterocycles. The van der Waals surface area contributed by atoms with Gasteiger partial charge in [-0.15, -0.1) is 0 Å². The van der Waals surface area contributed by atoms with E-state index in [4.69, 9.17) is 46.1 Å². The van der Waals surface area contributed by atoms with Gasteiger partial charge in [-0.1, -0.05) is 46.7 Å². The van der Waals surface area contributed by atoms with Crippen molar-refractivity contribution in [2.75, 3.05) is 85.3 Å². The van der Waals surface area contributed by atoms with Gasteiger partial charge in [0.25, 0.3) is 0 Å². The quantitative estimate of drug-likeness (QED) is 0.0197. The van der Waals surface area contributed by atoms with Crippen LogP contribution in [0.3, 0.4) is 0 Å². The molecule has 16 nitrogen and oxygen atoms in total. The molecule has 0 amide bonds. The maximum absolute atomic E-state index is 12.2. The molecule has 0 unspecified atom stereocenters. The number of hydrogen-bond acceptors (Lipinski definition) is 17. The third kappa shape index (κ3) is 30.5. The molecule has 0 aromatic carbocycles. The molecule has 0 aromatic heterocycles. The molecule has 0 radical (unpaired) electrons. The molecule has 0 saturated carbocycles. The van der Waals surface area contributed by atoms with Gasteiger partial charge >= 0.3 is 52.9 Å². The number of hydrogen-bond donors (Lipinski definition) is 0. The van der Waals surface area contributed by atoms with E-state index in [-0.39, 0.29) is 52.0 Å². The average molecular weight is 954 g/mol. The van der Waals surface area contributed by atoms with Crippen LogP contribution < -0.4 is 0 Å². The second kappa shape index (κ2) is 36.9. The van der Waals surface area contributed by atoms with Crippen LogP contribution in [0.4, 0.5) is 0 Å². The van der Waals surface area contributed by atoms with Gasteiger partial charge in [0.1, 0.15) is 45.4 Å². The van der Waals surface area contributed by atoms with E-state index >= 15 is 0 Å². The molecular formula is C42H73O16S2Si2+. The zero-order valence-electron chi connectivity index (χ0n) is 38.2. The lowest BCUT2D eigenvalue weighted by atomic mass is 9.88. The lowest BCUT2D eigenvalue weighted by Gasteiger charge is -2.30. The van der Waals surface area contributed by atoms with Crippen molar-refractivity contribution in [2.24, 2.45) is 10.8 Å².